The van der Waals surface area contributed by atoms with Gasteiger partial charge in [-0.25, -0.2) is 4.79 Å². The first-order chi connectivity index (χ1) is 11.8. The van der Waals surface area contributed by atoms with E-state index in [2.05, 4.69) is 13.8 Å². The van der Waals surface area contributed by atoms with Gasteiger partial charge in [-0.15, -0.1) is 0 Å². The van der Waals surface area contributed by atoms with Gasteiger partial charge in [-0.3, -0.25) is 4.79 Å². The van der Waals surface area contributed by atoms with E-state index in [1.807, 2.05) is 24.3 Å². The van der Waals surface area contributed by atoms with E-state index in [9.17, 15) is 9.59 Å². The molecule has 0 aliphatic rings. The average molecular weight is 345 g/mol. The maximum atomic E-state index is 12.2. The number of hydrogen-bond acceptors (Lipinski definition) is 4. The topological polar surface area (TPSA) is 80.0 Å². The first kappa shape index (κ1) is 18.6. The number of aryl methyl sites for hydroxylation is 1. The van der Waals surface area contributed by atoms with Crippen LogP contribution in [-0.4, -0.2) is 35.5 Å². The predicted molar refractivity (Wildman–Crippen MR) is 92.9 cm³/mol. The van der Waals surface area contributed by atoms with Crippen LogP contribution in [0.1, 0.15) is 47.2 Å². The highest BCUT2D eigenvalue weighted by molar-refractivity contribution is 5.88. The van der Waals surface area contributed by atoms with Crippen molar-refractivity contribution in [1.82, 2.24) is 4.90 Å². The zero-order valence-electron chi connectivity index (χ0n) is 14.9. The quantitative estimate of drug-likeness (QED) is 0.831. The predicted octanol–water partition coefficient (Wildman–Crippen LogP) is 3.45. The van der Waals surface area contributed by atoms with Crippen molar-refractivity contribution in [2.24, 2.45) is 0 Å². The molecule has 6 heteroatoms. The number of rotatable bonds is 7. The number of aromatic carboxylic acids is 1. The van der Waals surface area contributed by atoms with E-state index in [0.29, 0.717) is 23.2 Å². The van der Waals surface area contributed by atoms with Crippen LogP contribution in [0.5, 0.6) is 5.75 Å². The van der Waals surface area contributed by atoms with Crippen molar-refractivity contribution in [3.8, 4) is 5.75 Å². The van der Waals surface area contributed by atoms with Crippen molar-refractivity contribution in [2.75, 3.05) is 13.7 Å². The van der Waals surface area contributed by atoms with Gasteiger partial charge in [0.2, 0.25) is 0 Å². The number of benzene rings is 1. The number of carbonyl (C=O) groups is 2. The van der Waals surface area contributed by atoms with E-state index in [1.54, 1.807) is 14.0 Å². The molecule has 1 amide bonds. The minimum Gasteiger partial charge on any atom is -0.484 e. The van der Waals surface area contributed by atoms with Crippen LogP contribution in [0.3, 0.4) is 0 Å². The van der Waals surface area contributed by atoms with Crippen LogP contribution in [0.25, 0.3) is 0 Å². The van der Waals surface area contributed by atoms with Gasteiger partial charge >= 0.3 is 5.97 Å². The summed E-state index contributed by atoms with van der Waals surface area (Å²) in [5.74, 6) is 0.510. The number of hydrogen-bond donors (Lipinski definition) is 1. The second-order valence-corrected chi connectivity index (χ2v) is 6.25. The smallest absolute Gasteiger partial charge is 0.339 e. The molecule has 0 unspecified atom stereocenters. The van der Waals surface area contributed by atoms with Gasteiger partial charge in [0.15, 0.2) is 6.61 Å². The summed E-state index contributed by atoms with van der Waals surface area (Å²) < 4.78 is 11.0. The lowest BCUT2D eigenvalue weighted by molar-refractivity contribution is -0.132. The molecule has 6 nitrogen and oxygen atoms in total. The van der Waals surface area contributed by atoms with Gasteiger partial charge in [-0.1, -0.05) is 26.0 Å². The first-order valence-electron chi connectivity index (χ1n) is 8.07. The SMILES string of the molecule is Cc1oc(CN(C)C(=O)COc2cccc(C(C)C)c2)cc1C(=O)O. The Balaban J connectivity index is 1.93. The summed E-state index contributed by atoms with van der Waals surface area (Å²) in [6, 6.07) is 9.10. The number of ether oxygens (including phenoxy) is 1. The summed E-state index contributed by atoms with van der Waals surface area (Å²) in [4.78, 5) is 24.7. The second-order valence-electron chi connectivity index (χ2n) is 6.25. The zero-order chi connectivity index (χ0) is 18.6. The Morgan fingerprint density at radius 3 is 2.60 bits per heavy atom. The molecule has 0 bridgehead atoms. The van der Waals surface area contributed by atoms with Crippen LogP contribution < -0.4 is 4.74 Å². The summed E-state index contributed by atoms with van der Waals surface area (Å²) in [5, 5.41) is 9.03. The molecule has 1 aromatic carbocycles. The Morgan fingerprint density at radius 2 is 2.00 bits per heavy atom. The Morgan fingerprint density at radius 1 is 1.28 bits per heavy atom. The summed E-state index contributed by atoms with van der Waals surface area (Å²) in [5.41, 5.74) is 1.25. The third-order valence-corrected chi connectivity index (χ3v) is 3.91. The van der Waals surface area contributed by atoms with Crippen LogP contribution in [0, 0.1) is 6.92 Å². The lowest BCUT2D eigenvalue weighted by Crippen LogP contribution is -2.30. The standard InChI is InChI=1S/C19H23NO5/c1-12(2)14-6-5-7-15(8-14)24-11-18(21)20(4)10-16-9-17(19(22)23)13(3)25-16/h5-9,12H,10-11H2,1-4H3,(H,22,23). The largest absolute Gasteiger partial charge is 0.484 e. The molecule has 0 radical (unpaired) electrons. The maximum Gasteiger partial charge on any atom is 0.339 e. The minimum absolute atomic E-state index is 0.0937. The van der Waals surface area contributed by atoms with Gasteiger partial charge in [-0.2, -0.15) is 0 Å². The molecule has 0 fully saturated rings. The molecule has 0 aliphatic heterocycles. The number of carbonyl (C=O) groups excluding carboxylic acids is 1. The summed E-state index contributed by atoms with van der Waals surface area (Å²) in [6.45, 7) is 5.86. The Labute approximate surface area is 147 Å². The van der Waals surface area contributed by atoms with Crippen LogP contribution in [0.2, 0.25) is 0 Å². The van der Waals surface area contributed by atoms with Crippen molar-refractivity contribution >= 4 is 11.9 Å². The van der Waals surface area contributed by atoms with E-state index in [0.717, 1.165) is 5.56 Å². The lowest BCUT2D eigenvalue weighted by Gasteiger charge is -2.16. The molecule has 1 N–H and O–H groups in total. The van der Waals surface area contributed by atoms with E-state index >= 15 is 0 Å². The van der Waals surface area contributed by atoms with E-state index in [-0.39, 0.29) is 24.6 Å². The fourth-order valence-corrected chi connectivity index (χ4v) is 2.37. The van der Waals surface area contributed by atoms with Gasteiger partial charge in [0.05, 0.1) is 6.54 Å². The first-order valence-corrected chi connectivity index (χ1v) is 8.07. The second kappa shape index (κ2) is 7.88. The number of furan rings is 1. The Kier molecular flexibility index (Phi) is 5.85. The molecule has 0 saturated heterocycles. The van der Waals surface area contributed by atoms with Gasteiger partial charge in [-0.05, 0) is 36.6 Å². The van der Waals surface area contributed by atoms with Crippen molar-refractivity contribution in [1.29, 1.82) is 0 Å². The fourth-order valence-electron chi connectivity index (χ4n) is 2.37. The van der Waals surface area contributed by atoms with Crippen molar-refractivity contribution in [3.63, 3.8) is 0 Å². The maximum absolute atomic E-state index is 12.2. The normalized spacial score (nSPS) is 10.8. The molecule has 1 aromatic heterocycles. The van der Waals surface area contributed by atoms with E-state index in [4.69, 9.17) is 14.3 Å². The van der Waals surface area contributed by atoms with Crippen molar-refractivity contribution in [3.05, 3.63) is 53.0 Å². The number of carboxylic acids is 1. The van der Waals surface area contributed by atoms with Crippen LogP contribution in [0.15, 0.2) is 34.7 Å². The average Bonchev–Trinajstić information content (AvgIpc) is 2.93. The minimum atomic E-state index is -1.05. The van der Waals surface area contributed by atoms with Crippen LogP contribution in [0.4, 0.5) is 0 Å². The third-order valence-electron chi connectivity index (χ3n) is 3.91. The molecule has 0 atom stereocenters. The lowest BCUT2D eigenvalue weighted by atomic mass is 10.0. The molecular formula is C19H23NO5. The molecule has 0 aliphatic carbocycles. The van der Waals surface area contributed by atoms with Crippen molar-refractivity contribution in [2.45, 2.75) is 33.2 Å². The fraction of sp³-hybridized carbons (Fsp3) is 0.368. The summed E-state index contributed by atoms with van der Waals surface area (Å²) in [6.07, 6.45) is 0. The molecule has 0 saturated carbocycles. The molecule has 134 valence electrons. The number of nitrogens with zero attached hydrogens (tertiary/aromatic N) is 1. The van der Waals surface area contributed by atoms with Crippen molar-refractivity contribution < 1.29 is 23.8 Å². The number of likely N-dealkylation sites (N-methyl/N-ethyl adjacent to an activating group) is 1. The monoisotopic (exact) mass is 345 g/mol. The molecule has 2 rings (SSSR count). The number of amides is 1. The Hall–Kier alpha value is -2.76. The van der Waals surface area contributed by atoms with E-state index in [1.165, 1.54) is 11.0 Å². The van der Waals surface area contributed by atoms with Gasteiger partial charge in [0, 0.05) is 7.05 Å². The molecule has 0 spiro atoms. The van der Waals surface area contributed by atoms with Crippen LogP contribution >= 0.6 is 0 Å². The molecule has 25 heavy (non-hydrogen) atoms. The Bertz CT molecular complexity index is 763. The highest BCUT2D eigenvalue weighted by Crippen LogP contribution is 2.20. The molecular weight excluding hydrogens is 322 g/mol. The van der Waals surface area contributed by atoms with E-state index < -0.39 is 5.97 Å². The summed E-state index contributed by atoms with van der Waals surface area (Å²) >= 11 is 0. The van der Waals surface area contributed by atoms with Crippen LogP contribution in [-0.2, 0) is 11.3 Å². The third kappa shape index (κ3) is 4.86. The molecule has 2 aromatic rings. The highest BCUT2D eigenvalue weighted by Gasteiger charge is 2.17. The highest BCUT2D eigenvalue weighted by atomic mass is 16.5. The van der Waals surface area contributed by atoms with Gasteiger partial charge in [0.1, 0.15) is 22.8 Å². The van der Waals surface area contributed by atoms with Gasteiger partial charge in [0.25, 0.3) is 5.91 Å². The van der Waals surface area contributed by atoms with Gasteiger partial charge < -0.3 is 19.2 Å². The number of carboxylic acid groups (broad SMARTS) is 1. The zero-order valence-corrected chi connectivity index (χ0v) is 14.9. The molecule has 1 heterocycles. The summed E-state index contributed by atoms with van der Waals surface area (Å²) in [7, 11) is 1.62.